The number of nitrogens with one attached hydrogen (secondary N) is 1. The van der Waals surface area contributed by atoms with Crippen LogP contribution in [0.15, 0.2) is 18.3 Å². The van der Waals surface area contributed by atoms with Crippen LogP contribution in [-0.4, -0.2) is 35.6 Å². The molecule has 2 heterocycles. The number of rotatable bonds is 5. The van der Waals surface area contributed by atoms with Gasteiger partial charge in [0.25, 0.3) is 0 Å². The summed E-state index contributed by atoms with van der Waals surface area (Å²) in [6, 6.07) is 5.01. The van der Waals surface area contributed by atoms with Crippen LogP contribution in [0, 0.1) is 6.92 Å². The lowest BCUT2D eigenvalue weighted by molar-refractivity contribution is 0.153. The molecule has 1 N–H and O–H groups in total. The molecule has 1 aliphatic rings. The predicted octanol–water partition coefficient (Wildman–Crippen LogP) is 2.78. The Hall–Kier alpha value is -0.640. The van der Waals surface area contributed by atoms with E-state index in [0.29, 0.717) is 0 Å². The number of hydrogen-bond acceptors (Lipinski definition) is 3. The van der Waals surface area contributed by atoms with Gasteiger partial charge in [0.2, 0.25) is 0 Å². The molecule has 0 bridgehead atoms. The van der Waals surface area contributed by atoms with Gasteiger partial charge in [0.1, 0.15) is 0 Å². The zero-order chi connectivity index (χ0) is 12.8. The minimum Gasteiger partial charge on any atom is -0.317 e. The molecule has 3 nitrogen and oxygen atoms in total. The van der Waals surface area contributed by atoms with Crippen LogP contribution in [0.3, 0.4) is 0 Å². The third kappa shape index (κ3) is 4.75. The molecule has 19 heavy (non-hydrogen) atoms. The lowest BCUT2D eigenvalue weighted by Crippen LogP contribution is -2.43. The highest BCUT2D eigenvalue weighted by Crippen LogP contribution is 2.17. The SMILES string of the molecule is CCCN(Cc1cccnc1C)C1CCNCC1.Cl. The molecule has 1 aromatic rings. The molecule has 0 saturated carbocycles. The maximum atomic E-state index is 4.40. The van der Waals surface area contributed by atoms with Gasteiger partial charge in [0.05, 0.1) is 0 Å². The molecule has 1 aliphatic heterocycles. The Kier molecular flexibility index (Phi) is 7.36. The van der Waals surface area contributed by atoms with Crippen molar-refractivity contribution < 1.29 is 0 Å². The summed E-state index contributed by atoms with van der Waals surface area (Å²) in [6.45, 7) is 8.96. The van der Waals surface area contributed by atoms with Crippen molar-refractivity contribution in [1.82, 2.24) is 15.2 Å². The second-order valence-electron chi connectivity index (χ2n) is 5.20. The van der Waals surface area contributed by atoms with Crippen molar-refractivity contribution in [2.24, 2.45) is 0 Å². The Balaban J connectivity index is 0.00000180. The van der Waals surface area contributed by atoms with Crippen LogP contribution >= 0.6 is 12.4 Å². The van der Waals surface area contributed by atoms with Crippen LogP contribution in [0.2, 0.25) is 0 Å². The number of hydrogen-bond donors (Lipinski definition) is 1. The number of pyridine rings is 1. The molecule has 0 radical (unpaired) electrons. The highest BCUT2D eigenvalue weighted by Gasteiger charge is 2.20. The normalized spacial score (nSPS) is 16.4. The number of aromatic nitrogens is 1. The van der Waals surface area contributed by atoms with Crippen molar-refractivity contribution in [2.75, 3.05) is 19.6 Å². The molecule has 0 unspecified atom stereocenters. The van der Waals surface area contributed by atoms with Gasteiger partial charge in [-0.05, 0) is 57.5 Å². The van der Waals surface area contributed by atoms with E-state index in [1.165, 1.54) is 37.1 Å². The van der Waals surface area contributed by atoms with Gasteiger partial charge < -0.3 is 5.32 Å². The highest BCUT2D eigenvalue weighted by molar-refractivity contribution is 5.85. The molecule has 108 valence electrons. The van der Waals surface area contributed by atoms with E-state index in [0.717, 1.165) is 25.7 Å². The Labute approximate surface area is 123 Å². The van der Waals surface area contributed by atoms with Gasteiger partial charge in [-0.1, -0.05) is 13.0 Å². The molecule has 0 spiro atoms. The van der Waals surface area contributed by atoms with Crippen molar-refractivity contribution in [3.05, 3.63) is 29.6 Å². The third-order valence-corrected chi connectivity index (χ3v) is 3.83. The smallest absolute Gasteiger partial charge is 0.0417 e. The van der Waals surface area contributed by atoms with Crippen molar-refractivity contribution >= 4 is 12.4 Å². The lowest BCUT2D eigenvalue weighted by Gasteiger charge is -2.34. The van der Waals surface area contributed by atoms with Gasteiger partial charge in [-0.15, -0.1) is 12.4 Å². The molecule has 0 aliphatic carbocycles. The summed E-state index contributed by atoms with van der Waals surface area (Å²) in [5, 5.41) is 3.45. The quantitative estimate of drug-likeness (QED) is 0.901. The fourth-order valence-electron chi connectivity index (χ4n) is 2.75. The molecule has 0 atom stereocenters. The maximum Gasteiger partial charge on any atom is 0.0417 e. The Morgan fingerprint density at radius 3 is 2.74 bits per heavy atom. The Morgan fingerprint density at radius 2 is 2.11 bits per heavy atom. The maximum absolute atomic E-state index is 4.40. The van der Waals surface area contributed by atoms with Gasteiger partial charge in [-0.2, -0.15) is 0 Å². The van der Waals surface area contributed by atoms with E-state index >= 15 is 0 Å². The van der Waals surface area contributed by atoms with Crippen LogP contribution in [-0.2, 0) is 6.54 Å². The largest absolute Gasteiger partial charge is 0.317 e. The first-order valence-corrected chi connectivity index (χ1v) is 7.16. The molecule has 1 aromatic heterocycles. The number of aryl methyl sites for hydroxylation is 1. The fraction of sp³-hybridized carbons (Fsp3) is 0.667. The summed E-state index contributed by atoms with van der Waals surface area (Å²) in [4.78, 5) is 7.04. The predicted molar refractivity (Wildman–Crippen MR) is 82.8 cm³/mol. The summed E-state index contributed by atoms with van der Waals surface area (Å²) in [5.74, 6) is 0. The molecule has 2 rings (SSSR count). The lowest BCUT2D eigenvalue weighted by atomic mass is 10.0. The monoisotopic (exact) mass is 283 g/mol. The van der Waals surface area contributed by atoms with E-state index in [1.807, 2.05) is 6.20 Å². The minimum absolute atomic E-state index is 0. The van der Waals surface area contributed by atoms with Crippen molar-refractivity contribution in [3.63, 3.8) is 0 Å². The molecular weight excluding hydrogens is 258 g/mol. The van der Waals surface area contributed by atoms with Gasteiger partial charge in [0, 0.05) is 24.5 Å². The second-order valence-corrected chi connectivity index (χ2v) is 5.20. The average Bonchev–Trinajstić information content (AvgIpc) is 2.42. The van der Waals surface area contributed by atoms with Gasteiger partial charge in [0.15, 0.2) is 0 Å². The standard InChI is InChI=1S/C15H25N3.ClH/c1-3-11-18(15-6-9-16-10-7-15)12-14-5-4-8-17-13(14)2;/h4-5,8,15-16H,3,6-7,9-12H2,1-2H3;1H. The van der Waals surface area contributed by atoms with Gasteiger partial charge in [-0.25, -0.2) is 0 Å². The number of nitrogens with zero attached hydrogens (tertiary/aromatic N) is 2. The van der Waals surface area contributed by atoms with Crippen LogP contribution < -0.4 is 5.32 Å². The van der Waals surface area contributed by atoms with Crippen LogP contribution in [0.25, 0.3) is 0 Å². The van der Waals surface area contributed by atoms with Crippen molar-refractivity contribution in [1.29, 1.82) is 0 Å². The summed E-state index contributed by atoms with van der Waals surface area (Å²) in [7, 11) is 0. The van der Waals surface area contributed by atoms with Crippen LogP contribution in [0.1, 0.15) is 37.4 Å². The van der Waals surface area contributed by atoms with Gasteiger partial charge in [-0.3, -0.25) is 9.88 Å². The first-order chi connectivity index (χ1) is 8.81. The molecule has 0 aromatic carbocycles. The topological polar surface area (TPSA) is 28.2 Å². The van der Waals surface area contributed by atoms with Crippen molar-refractivity contribution in [2.45, 2.75) is 45.7 Å². The number of piperidine rings is 1. The molecule has 4 heteroatoms. The zero-order valence-electron chi connectivity index (χ0n) is 12.1. The number of halogens is 1. The van der Waals surface area contributed by atoms with E-state index in [9.17, 15) is 0 Å². The van der Waals surface area contributed by atoms with Crippen LogP contribution in [0.5, 0.6) is 0 Å². The fourth-order valence-corrected chi connectivity index (χ4v) is 2.75. The Bertz CT molecular complexity index is 364. The van der Waals surface area contributed by atoms with Crippen molar-refractivity contribution in [3.8, 4) is 0 Å². The van der Waals surface area contributed by atoms with E-state index in [2.05, 4.69) is 41.2 Å². The zero-order valence-corrected chi connectivity index (χ0v) is 12.9. The summed E-state index contributed by atoms with van der Waals surface area (Å²) in [6.07, 6.45) is 5.66. The first-order valence-electron chi connectivity index (χ1n) is 7.16. The Morgan fingerprint density at radius 1 is 1.37 bits per heavy atom. The molecular formula is C15H26ClN3. The average molecular weight is 284 g/mol. The van der Waals surface area contributed by atoms with E-state index in [1.54, 1.807) is 0 Å². The van der Waals surface area contributed by atoms with E-state index < -0.39 is 0 Å². The van der Waals surface area contributed by atoms with E-state index in [-0.39, 0.29) is 12.4 Å². The molecule has 1 fully saturated rings. The first kappa shape index (κ1) is 16.4. The highest BCUT2D eigenvalue weighted by atomic mass is 35.5. The molecule has 1 saturated heterocycles. The third-order valence-electron chi connectivity index (χ3n) is 3.83. The van der Waals surface area contributed by atoms with Gasteiger partial charge >= 0.3 is 0 Å². The van der Waals surface area contributed by atoms with Crippen LogP contribution in [0.4, 0.5) is 0 Å². The molecule has 0 amide bonds. The van der Waals surface area contributed by atoms with E-state index in [4.69, 9.17) is 0 Å². The second kappa shape index (κ2) is 8.51. The summed E-state index contributed by atoms with van der Waals surface area (Å²) >= 11 is 0. The summed E-state index contributed by atoms with van der Waals surface area (Å²) in [5.41, 5.74) is 2.55. The minimum atomic E-state index is 0. The summed E-state index contributed by atoms with van der Waals surface area (Å²) < 4.78 is 0.